The Morgan fingerprint density at radius 2 is 1.52 bits per heavy atom. The maximum Gasteiger partial charge on any atom is 0.257 e. The smallest absolute Gasteiger partial charge is 0.257 e. The van der Waals surface area contributed by atoms with Crippen LogP contribution in [0.25, 0.3) is 5.69 Å². The van der Waals surface area contributed by atoms with Gasteiger partial charge in [0.05, 0.1) is 23.2 Å². The summed E-state index contributed by atoms with van der Waals surface area (Å²) in [6.45, 7) is 3.82. The summed E-state index contributed by atoms with van der Waals surface area (Å²) in [7, 11) is -3.45. The summed E-state index contributed by atoms with van der Waals surface area (Å²) in [5.41, 5.74) is 3.98. The quantitative estimate of drug-likeness (QED) is 0.705. The molecule has 0 fully saturated rings. The molecule has 0 aliphatic carbocycles. The van der Waals surface area contributed by atoms with E-state index < -0.39 is 10.0 Å². The van der Waals surface area contributed by atoms with Gasteiger partial charge in [-0.3, -0.25) is 9.52 Å². The topological polar surface area (TPSA) is 80.2 Å². The Bertz CT molecular complexity index is 1090. The van der Waals surface area contributed by atoms with Crippen LogP contribution in [-0.4, -0.2) is 25.1 Å². The second-order valence-corrected chi connectivity index (χ2v) is 8.08. The van der Waals surface area contributed by atoms with E-state index >= 15 is 0 Å². The van der Waals surface area contributed by atoms with Gasteiger partial charge >= 0.3 is 0 Å². The Balaban J connectivity index is 1.93. The van der Waals surface area contributed by atoms with E-state index in [9.17, 15) is 13.2 Å². The highest BCUT2D eigenvalue weighted by Gasteiger charge is 2.18. The number of carbonyl (C=O) groups is 1. The molecule has 0 saturated heterocycles. The molecule has 0 unspecified atom stereocenters. The van der Waals surface area contributed by atoms with Crippen molar-refractivity contribution in [3.05, 3.63) is 77.6 Å². The van der Waals surface area contributed by atoms with Crippen molar-refractivity contribution in [1.29, 1.82) is 0 Å². The fourth-order valence-electron chi connectivity index (χ4n) is 3.04. The summed E-state index contributed by atoms with van der Waals surface area (Å²) in [5.74, 6) is -0.298. The molecule has 0 aliphatic rings. The molecule has 2 N–H and O–H groups in total. The van der Waals surface area contributed by atoms with Gasteiger partial charge in [-0.1, -0.05) is 30.3 Å². The van der Waals surface area contributed by atoms with Crippen molar-refractivity contribution in [2.75, 3.05) is 16.3 Å². The zero-order valence-electron chi connectivity index (χ0n) is 15.4. The second kappa shape index (κ2) is 7.28. The molecule has 0 spiro atoms. The van der Waals surface area contributed by atoms with Crippen molar-refractivity contribution >= 4 is 27.3 Å². The van der Waals surface area contributed by atoms with Crippen LogP contribution in [-0.2, 0) is 10.0 Å². The summed E-state index contributed by atoms with van der Waals surface area (Å²) in [6, 6.07) is 18.3. The van der Waals surface area contributed by atoms with Gasteiger partial charge in [-0.2, -0.15) is 0 Å². The molecule has 27 heavy (non-hydrogen) atoms. The van der Waals surface area contributed by atoms with Gasteiger partial charge in [-0.15, -0.1) is 0 Å². The van der Waals surface area contributed by atoms with Gasteiger partial charge in [0, 0.05) is 17.1 Å². The number of nitrogens with one attached hydrogen (secondary N) is 2. The minimum absolute atomic E-state index is 0.298. The van der Waals surface area contributed by atoms with E-state index in [2.05, 4.69) is 10.0 Å². The number of aryl methyl sites for hydroxylation is 1. The molecule has 2 aromatic carbocycles. The molecule has 3 aromatic rings. The highest BCUT2D eigenvalue weighted by atomic mass is 32.2. The molecular formula is C20H21N3O3S. The monoisotopic (exact) mass is 383 g/mol. The van der Waals surface area contributed by atoms with Gasteiger partial charge in [0.1, 0.15) is 0 Å². The zero-order valence-corrected chi connectivity index (χ0v) is 16.2. The van der Waals surface area contributed by atoms with Crippen LogP contribution >= 0.6 is 0 Å². The van der Waals surface area contributed by atoms with E-state index in [1.165, 1.54) is 0 Å². The lowest BCUT2D eigenvalue weighted by Gasteiger charge is -2.12. The average molecular weight is 383 g/mol. The first-order valence-electron chi connectivity index (χ1n) is 8.39. The Morgan fingerprint density at radius 1 is 0.926 bits per heavy atom. The highest BCUT2D eigenvalue weighted by molar-refractivity contribution is 7.92. The van der Waals surface area contributed by atoms with E-state index in [-0.39, 0.29) is 5.91 Å². The molecule has 140 valence electrons. The van der Waals surface area contributed by atoms with Gasteiger partial charge in [0.25, 0.3) is 5.91 Å². The molecule has 0 radical (unpaired) electrons. The highest BCUT2D eigenvalue weighted by Crippen LogP contribution is 2.25. The molecule has 1 amide bonds. The summed E-state index contributed by atoms with van der Waals surface area (Å²) in [6.07, 6.45) is 1.07. The number of para-hydroxylation sites is 3. The number of carbonyl (C=O) groups excluding carboxylic acids is 1. The third-order valence-electron chi connectivity index (χ3n) is 4.16. The molecule has 0 saturated carbocycles. The molecule has 0 atom stereocenters. The molecule has 0 aliphatic heterocycles. The molecule has 3 rings (SSSR count). The number of sulfonamides is 1. The van der Waals surface area contributed by atoms with E-state index in [0.29, 0.717) is 16.9 Å². The van der Waals surface area contributed by atoms with Crippen molar-refractivity contribution in [3.8, 4) is 5.69 Å². The predicted octanol–water partition coefficient (Wildman–Crippen LogP) is 3.72. The van der Waals surface area contributed by atoms with Crippen molar-refractivity contribution in [2.45, 2.75) is 13.8 Å². The first kappa shape index (κ1) is 18.7. The largest absolute Gasteiger partial charge is 0.320 e. The van der Waals surface area contributed by atoms with Crippen molar-refractivity contribution in [1.82, 2.24) is 4.57 Å². The lowest BCUT2D eigenvalue weighted by atomic mass is 10.2. The van der Waals surface area contributed by atoms with Gasteiger partial charge in [-0.25, -0.2) is 8.42 Å². The predicted molar refractivity (Wildman–Crippen MR) is 108 cm³/mol. The lowest BCUT2D eigenvalue weighted by molar-refractivity contribution is 0.102. The normalized spacial score (nSPS) is 11.2. The minimum Gasteiger partial charge on any atom is -0.320 e. The number of aromatic nitrogens is 1. The minimum atomic E-state index is -3.45. The van der Waals surface area contributed by atoms with Crippen LogP contribution in [0, 0.1) is 13.8 Å². The Hall–Kier alpha value is -3.06. The molecule has 6 nitrogen and oxygen atoms in total. The fraction of sp³-hybridized carbons (Fsp3) is 0.150. The third-order valence-corrected chi connectivity index (χ3v) is 4.75. The van der Waals surface area contributed by atoms with E-state index in [1.54, 1.807) is 24.3 Å². The Morgan fingerprint density at radius 3 is 2.15 bits per heavy atom. The van der Waals surface area contributed by atoms with Crippen LogP contribution in [0.4, 0.5) is 11.4 Å². The van der Waals surface area contributed by atoms with Crippen LogP contribution in [0.1, 0.15) is 21.7 Å². The van der Waals surface area contributed by atoms with Crippen LogP contribution in [0.15, 0.2) is 60.7 Å². The number of benzene rings is 2. The summed E-state index contributed by atoms with van der Waals surface area (Å²) in [5, 5.41) is 2.80. The SMILES string of the molecule is Cc1cc(C(=O)Nc2ccccc2NS(C)(=O)=O)c(C)n1-c1ccccc1. The van der Waals surface area contributed by atoms with Gasteiger partial charge in [0.2, 0.25) is 10.0 Å². The number of rotatable bonds is 5. The van der Waals surface area contributed by atoms with E-state index in [0.717, 1.165) is 23.3 Å². The zero-order chi connectivity index (χ0) is 19.6. The van der Waals surface area contributed by atoms with E-state index in [1.807, 2.05) is 54.8 Å². The number of hydrogen-bond donors (Lipinski definition) is 2. The number of anilines is 2. The molecule has 0 bridgehead atoms. The van der Waals surface area contributed by atoms with Gasteiger partial charge < -0.3 is 9.88 Å². The summed E-state index contributed by atoms with van der Waals surface area (Å²) < 4.78 is 27.5. The maximum absolute atomic E-state index is 12.8. The first-order valence-corrected chi connectivity index (χ1v) is 10.3. The number of hydrogen-bond acceptors (Lipinski definition) is 3. The standard InChI is InChI=1S/C20H21N3O3S/c1-14-13-17(15(2)23(14)16-9-5-4-6-10-16)20(24)21-18-11-7-8-12-19(18)22-27(3,25)26/h4-13,22H,1-3H3,(H,21,24). The summed E-state index contributed by atoms with van der Waals surface area (Å²) in [4.78, 5) is 12.8. The first-order chi connectivity index (χ1) is 12.8. The third kappa shape index (κ3) is 4.20. The maximum atomic E-state index is 12.8. The Kier molecular flexibility index (Phi) is 5.05. The van der Waals surface area contributed by atoms with Crippen molar-refractivity contribution in [2.24, 2.45) is 0 Å². The van der Waals surface area contributed by atoms with E-state index in [4.69, 9.17) is 0 Å². The van der Waals surface area contributed by atoms with Crippen LogP contribution in [0.5, 0.6) is 0 Å². The molecule has 7 heteroatoms. The van der Waals surface area contributed by atoms with Crippen LogP contribution < -0.4 is 10.0 Å². The lowest BCUT2D eigenvalue weighted by Crippen LogP contribution is -2.16. The van der Waals surface area contributed by atoms with Crippen molar-refractivity contribution in [3.63, 3.8) is 0 Å². The van der Waals surface area contributed by atoms with Crippen molar-refractivity contribution < 1.29 is 13.2 Å². The second-order valence-electron chi connectivity index (χ2n) is 6.33. The van der Waals surface area contributed by atoms with Gasteiger partial charge in [-0.05, 0) is 44.2 Å². The van der Waals surface area contributed by atoms with Crippen LogP contribution in [0.2, 0.25) is 0 Å². The molecular weight excluding hydrogens is 362 g/mol. The van der Waals surface area contributed by atoms with Crippen LogP contribution in [0.3, 0.4) is 0 Å². The average Bonchev–Trinajstić information content (AvgIpc) is 2.91. The van der Waals surface area contributed by atoms with Gasteiger partial charge in [0.15, 0.2) is 0 Å². The summed E-state index contributed by atoms with van der Waals surface area (Å²) >= 11 is 0. The molecule has 1 heterocycles. The number of nitrogens with zero attached hydrogens (tertiary/aromatic N) is 1. The molecule has 1 aromatic heterocycles. The fourth-order valence-corrected chi connectivity index (χ4v) is 3.62. The Labute approximate surface area is 158 Å². The number of amides is 1.